The molecule has 104 valence electrons. The van der Waals surface area contributed by atoms with Crippen molar-refractivity contribution >= 4 is 5.82 Å². The second-order valence-electron chi connectivity index (χ2n) is 5.77. The van der Waals surface area contributed by atoms with Gasteiger partial charge in [0.15, 0.2) is 0 Å². The summed E-state index contributed by atoms with van der Waals surface area (Å²) in [6, 6.07) is 5.59. The molecule has 0 aliphatic carbocycles. The number of likely N-dealkylation sites (tertiary alicyclic amines) is 1. The third-order valence-electron chi connectivity index (χ3n) is 4.61. The molecule has 2 fully saturated rings. The lowest BCUT2D eigenvalue weighted by atomic mass is 10.1. The van der Waals surface area contributed by atoms with Crippen molar-refractivity contribution in [3.05, 3.63) is 23.9 Å². The van der Waals surface area contributed by atoms with Gasteiger partial charge in [0.05, 0.1) is 0 Å². The molecule has 3 rings (SSSR count). The lowest BCUT2D eigenvalue weighted by Gasteiger charge is -2.25. The highest BCUT2D eigenvalue weighted by Crippen LogP contribution is 2.28. The summed E-state index contributed by atoms with van der Waals surface area (Å²) < 4.78 is 0. The van der Waals surface area contributed by atoms with Crippen LogP contribution in [0.25, 0.3) is 0 Å². The van der Waals surface area contributed by atoms with Crippen molar-refractivity contribution in [1.29, 1.82) is 0 Å². The third-order valence-corrected chi connectivity index (χ3v) is 4.61. The maximum Gasteiger partial charge on any atom is 0.139 e. The van der Waals surface area contributed by atoms with Crippen molar-refractivity contribution in [1.82, 2.24) is 14.8 Å². The molecule has 2 saturated heterocycles. The molecule has 2 atom stereocenters. The van der Waals surface area contributed by atoms with E-state index in [-0.39, 0.29) is 0 Å². The van der Waals surface area contributed by atoms with Gasteiger partial charge in [0.1, 0.15) is 5.82 Å². The minimum absolute atomic E-state index is 0.721. The van der Waals surface area contributed by atoms with Crippen LogP contribution in [0.15, 0.2) is 18.3 Å². The molecule has 2 aliphatic rings. The number of likely N-dealkylation sites (N-methyl/N-ethyl adjacent to an activating group) is 1. The van der Waals surface area contributed by atoms with Crippen LogP contribution in [0, 0.1) is 0 Å². The number of nitrogens with zero attached hydrogens (tertiary/aromatic N) is 3. The Kier molecular flexibility index (Phi) is 3.68. The standard InChI is InChI=1S/C14H23N5/c1-18-12-3-4-13(18)10-19(7-6-12)9-11-2-5-14(17-15)16-8-11/h2,5,8,12-13H,3-4,6-7,9-10,15H2,1H3,(H,16,17). The van der Waals surface area contributed by atoms with Crippen molar-refractivity contribution in [2.75, 3.05) is 25.6 Å². The fourth-order valence-electron chi connectivity index (χ4n) is 3.38. The number of anilines is 1. The zero-order valence-corrected chi connectivity index (χ0v) is 11.5. The van der Waals surface area contributed by atoms with Crippen LogP contribution in [0.1, 0.15) is 24.8 Å². The summed E-state index contributed by atoms with van der Waals surface area (Å²) in [4.78, 5) is 9.42. The molecule has 0 spiro atoms. The SMILES string of the molecule is CN1C2CCC1CN(Cc1ccc(NN)nc1)CC2. The summed E-state index contributed by atoms with van der Waals surface area (Å²) in [5.74, 6) is 6.05. The fourth-order valence-corrected chi connectivity index (χ4v) is 3.38. The van der Waals surface area contributed by atoms with Gasteiger partial charge in [-0.15, -0.1) is 0 Å². The van der Waals surface area contributed by atoms with Crippen LogP contribution < -0.4 is 11.3 Å². The molecule has 1 aromatic heterocycles. The summed E-state index contributed by atoms with van der Waals surface area (Å²) in [5, 5.41) is 0. The quantitative estimate of drug-likeness (QED) is 0.629. The van der Waals surface area contributed by atoms with E-state index in [2.05, 4.69) is 33.3 Å². The van der Waals surface area contributed by atoms with Gasteiger partial charge in [-0.1, -0.05) is 6.07 Å². The predicted octanol–water partition coefficient (Wildman–Crippen LogP) is 1.04. The summed E-state index contributed by atoms with van der Waals surface area (Å²) in [7, 11) is 2.29. The van der Waals surface area contributed by atoms with E-state index in [0.29, 0.717) is 0 Å². The lowest BCUT2D eigenvalue weighted by molar-refractivity contribution is 0.214. The number of nitrogens with one attached hydrogen (secondary N) is 1. The Morgan fingerprint density at radius 3 is 2.89 bits per heavy atom. The second kappa shape index (κ2) is 5.45. The van der Waals surface area contributed by atoms with E-state index in [1.165, 1.54) is 37.9 Å². The van der Waals surface area contributed by atoms with Gasteiger partial charge in [-0.2, -0.15) is 0 Å². The molecule has 3 N–H and O–H groups in total. The summed E-state index contributed by atoms with van der Waals surface area (Å²) >= 11 is 0. The fraction of sp³-hybridized carbons (Fsp3) is 0.643. The monoisotopic (exact) mass is 261 g/mol. The molecule has 2 aliphatic heterocycles. The first kappa shape index (κ1) is 12.8. The molecule has 19 heavy (non-hydrogen) atoms. The van der Waals surface area contributed by atoms with Crippen molar-refractivity contribution in [2.45, 2.75) is 37.9 Å². The van der Waals surface area contributed by atoms with Crippen LogP contribution in [0.2, 0.25) is 0 Å². The molecule has 1 aromatic rings. The van der Waals surface area contributed by atoms with Crippen molar-refractivity contribution in [3.63, 3.8) is 0 Å². The number of fused-ring (bicyclic) bond motifs is 2. The van der Waals surface area contributed by atoms with Crippen LogP contribution in [0.4, 0.5) is 5.82 Å². The molecule has 2 bridgehead atoms. The van der Waals surface area contributed by atoms with E-state index in [0.717, 1.165) is 24.4 Å². The van der Waals surface area contributed by atoms with Crippen molar-refractivity contribution in [2.24, 2.45) is 5.84 Å². The Morgan fingerprint density at radius 2 is 2.16 bits per heavy atom. The number of pyridine rings is 1. The predicted molar refractivity (Wildman–Crippen MR) is 76.5 cm³/mol. The van der Waals surface area contributed by atoms with E-state index in [9.17, 15) is 0 Å². The second-order valence-corrected chi connectivity index (χ2v) is 5.77. The molecule has 5 heteroatoms. The largest absolute Gasteiger partial charge is 0.308 e. The Balaban J connectivity index is 1.63. The highest BCUT2D eigenvalue weighted by molar-refractivity contribution is 5.33. The minimum Gasteiger partial charge on any atom is -0.308 e. The average molecular weight is 261 g/mol. The van der Waals surface area contributed by atoms with Gasteiger partial charge in [-0.25, -0.2) is 10.8 Å². The van der Waals surface area contributed by atoms with Crippen LogP contribution in [0.5, 0.6) is 0 Å². The van der Waals surface area contributed by atoms with Crippen LogP contribution in [-0.2, 0) is 6.54 Å². The van der Waals surface area contributed by atoms with Crippen molar-refractivity contribution < 1.29 is 0 Å². The van der Waals surface area contributed by atoms with Crippen LogP contribution in [-0.4, -0.2) is 47.0 Å². The van der Waals surface area contributed by atoms with E-state index in [1.54, 1.807) is 0 Å². The number of aromatic nitrogens is 1. The number of nitrogens with two attached hydrogens (primary N) is 1. The Hall–Kier alpha value is -1.17. The topological polar surface area (TPSA) is 57.4 Å². The summed E-state index contributed by atoms with van der Waals surface area (Å²) in [6.45, 7) is 3.38. The molecule has 3 heterocycles. The molecular formula is C14H23N5. The summed E-state index contributed by atoms with van der Waals surface area (Å²) in [5.41, 5.74) is 3.83. The molecule has 0 aromatic carbocycles. The number of rotatable bonds is 3. The first-order valence-electron chi connectivity index (χ1n) is 7.12. The molecule has 0 saturated carbocycles. The molecule has 5 nitrogen and oxygen atoms in total. The minimum atomic E-state index is 0.721. The maximum atomic E-state index is 5.33. The van der Waals surface area contributed by atoms with E-state index in [4.69, 9.17) is 5.84 Å². The molecule has 2 unspecified atom stereocenters. The first-order chi connectivity index (χ1) is 9.26. The zero-order valence-electron chi connectivity index (χ0n) is 11.5. The normalized spacial score (nSPS) is 28.3. The number of hydrogen-bond acceptors (Lipinski definition) is 5. The van der Waals surface area contributed by atoms with Gasteiger partial charge >= 0.3 is 0 Å². The Bertz CT molecular complexity index is 418. The van der Waals surface area contributed by atoms with E-state index in [1.807, 2.05) is 12.3 Å². The molecular weight excluding hydrogens is 238 g/mol. The Morgan fingerprint density at radius 1 is 1.32 bits per heavy atom. The number of nitrogen functional groups attached to an aromatic ring is 1. The third kappa shape index (κ3) is 2.73. The van der Waals surface area contributed by atoms with Gasteiger partial charge in [-0.3, -0.25) is 9.80 Å². The molecule has 0 amide bonds. The van der Waals surface area contributed by atoms with Gasteiger partial charge in [0.25, 0.3) is 0 Å². The highest BCUT2D eigenvalue weighted by Gasteiger charge is 2.34. The van der Waals surface area contributed by atoms with Crippen molar-refractivity contribution in [3.8, 4) is 0 Å². The number of hydrazine groups is 1. The van der Waals surface area contributed by atoms with Gasteiger partial charge in [-0.05, 0) is 37.9 Å². The average Bonchev–Trinajstić information content (AvgIpc) is 2.68. The van der Waals surface area contributed by atoms with Crippen LogP contribution in [0.3, 0.4) is 0 Å². The van der Waals surface area contributed by atoms with Gasteiger partial charge in [0.2, 0.25) is 0 Å². The molecule has 0 radical (unpaired) electrons. The van der Waals surface area contributed by atoms with E-state index < -0.39 is 0 Å². The Labute approximate surface area is 114 Å². The van der Waals surface area contributed by atoms with Gasteiger partial charge in [0, 0.05) is 37.9 Å². The summed E-state index contributed by atoms with van der Waals surface area (Å²) in [6.07, 6.45) is 5.95. The van der Waals surface area contributed by atoms with Crippen LogP contribution >= 0.6 is 0 Å². The smallest absolute Gasteiger partial charge is 0.139 e. The first-order valence-corrected chi connectivity index (χ1v) is 7.12. The lowest BCUT2D eigenvalue weighted by Crippen LogP contribution is -2.36. The number of hydrogen-bond donors (Lipinski definition) is 2. The maximum absolute atomic E-state index is 5.33. The highest BCUT2D eigenvalue weighted by atomic mass is 15.3. The van der Waals surface area contributed by atoms with Gasteiger partial charge < -0.3 is 5.43 Å². The van der Waals surface area contributed by atoms with E-state index >= 15 is 0 Å². The zero-order chi connectivity index (χ0) is 13.2.